The molecule has 1 aliphatic rings. The predicted molar refractivity (Wildman–Crippen MR) is 63.0 cm³/mol. The quantitative estimate of drug-likeness (QED) is 0.845. The van der Waals surface area contributed by atoms with E-state index >= 15 is 0 Å². The SMILES string of the molecule is COCCc1nc(Br)c2n1CC(C)CC2. The van der Waals surface area contributed by atoms with Gasteiger partial charge in [-0.25, -0.2) is 4.98 Å². The van der Waals surface area contributed by atoms with Crippen LogP contribution < -0.4 is 0 Å². The molecule has 3 nitrogen and oxygen atoms in total. The number of aromatic nitrogens is 2. The van der Waals surface area contributed by atoms with E-state index in [4.69, 9.17) is 4.74 Å². The van der Waals surface area contributed by atoms with Crippen LogP contribution in [0.5, 0.6) is 0 Å². The molecule has 1 aliphatic heterocycles. The van der Waals surface area contributed by atoms with Crippen molar-refractivity contribution in [3.63, 3.8) is 0 Å². The molecule has 0 N–H and O–H groups in total. The average molecular weight is 273 g/mol. The van der Waals surface area contributed by atoms with Crippen LogP contribution in [0.25, 0.3) is 0 Å². The molecule has 0 amide bonds. The molecule has 0 fully saturated rings. The van der Waals surface area contributed by atoms with E-state index in [1.807, 2.05) is 0 Å². The van der Waals surface area contributed by atoms with E-state index < -0.39 is 0 Å². The van der Waals surface area contributed by atoms with E-state index in [0.717, 1.165) is 42.3 Å². The van der Waals surface area contributed by atoms with Crippen molar-refractivity contribution < 1.29 is 4.74 Å². The summed E-state index contributed by atoms with van der Waals surface area (Å²) in [4.78, 5) is 4.56. The first-order valence-corrected chi connectivity index (χ1v) is 6.24. The third kappa shape index (κ3) is 2.26. The molecule has 0 aliphatic carbocycles. The number of hydrogen-bond acceptors (Lipinski definition) is 2. The van der Waals surface area contributed by atoms with E-state index in [-0.39, 0.29) is 0 Å². The minimum atomic E-state index is 0.747. The van der Waals surface area contributed by atoms with Crippen LogP contribution in [0.2, 0.25) is 0 Å². The summed E-state index contributed by atoms with van der Waals surface area (Å²) in [6.07, 6.45) is 3.32. The Labute approximate surface area is 99.0 Å². The number of hydrogen-bond donors (Lipinski definition) is 0. The Morgan fingerprint density at radius 1 is 1.60 bits per heavy atom. The van der Waals surface area contributed by atoms with Crippen molar-refractivity contribution in [3.05, 3.63) is 16.1 Å². The van der Waals surface area contributed by atoms with Crippen molar-refractivity contribution in [2.45, 2.75) is 32.7 Å². The molecular formula is C11H17BrN2O. The van der Waals surface area contributed by atoms with Crippen LogP contribution in [-0.2, 0) is 24.1 Å². The van der Waals surface area contributed by atoms with Gasteiger partial charge in [-0.15, -0.1) is 0 Å². The molecule has 1 aromatic heterocycles. The van der Waals surface area contributed by atoms with E-state index in [9.17, 15) is 0 Å². The predicted octanol–water partition coefficient (Wildman–Crippen LogP) is 2.42. The Balaban J connectivity index is 2.24. The van der Waals surface area contributed by atoms with Gasteiger partial charge in [0, 0.05) is 20.1 Å². The fourth-order valence-electron chi connectivity index (χ4n) is 2.13. The fraction of sp³-hybridized carbons (Fsp3) is 0.727. The van der Waals surface area contributed by atoms with Crippen LogP contribution in [0.3, 0.4) is 0 Å². The minimum absolute atomic E-state index is 0.747. The van der Waals surface area contributed by atoms with Crippen LogP contribution in [-0.4, -0.2) is 23.3 Å². The van der Waals surface area contributed by atoms with Crippen molar-refractivity contribution in [1.82, 2.24) is 9.55 Å². The maximum Gasteiger partial charge on any atom is 0.127 e. The second-order valence-electron chi connectivity index (χ2n) is 4.26. The fourth-order valence-corrected chi connectivity index (χ4v) is 2.75. The molecule has 1 aromatic rings. The van der Waals surface area contributed by atoms with E-state index in [1.165, 1.54) is 12.1 Å². The number of fused-ring (bicyclic) bond motifs is 1. The lowest BCUT2D eigenvalue weighted by atomic mass is 10.0. The normalized spacial score (nSPS) is 20.3. The Kier molecular flexibility index (Phi) is 3.46. The highest BCUT2D eigenvalue weighted by Gasteiger charge is 2.21. The van der Waals surface area contributed by atoms with Gasteiger partial charge in [-0.05, 0) is 34.7 Å². The number of imidazole rings is 1. The lowest BCUT2D eigenvalue weighted by Crippen LogP contribution is -2.20. The maximum atomic E-state index is 5.10. The highest BCUT2D eigenvalue weighted by molar-refractivity contribution is 9.10. The average Bonchev–Trinajstić information content (AvgIpc) is 2.52. The molecule has 0 aromatic carbocycles. The van der Waals surface area contributed by atoms with Crippen LogP contribution in [0.4, 0.5) is 0 Å². The Morgan fingerprint density at radius 2 is 2.40 bits per heavy atom. The molecule has 1 atom stereocenters. The third-order valence-electron chi connectivity index (χ3n) is 3.00. The van der Waals surface area contributed by atoms with Gasteiger partial charge < -0.3 is 9.30 Å². The van der Waals surface area contributed by atoms with Gasteiger partial charge in [0.2, 0.25) is 0 Å². The molecule has 1 unspecified atom stereocenters. The van der Waals surface area contributed by atoms with Gasteiger partial charge in [0.15, 0.2) is 0 Å². The third-order valence-corrected chi connectivity index (χ3v) is 3.64. The summed E-state index contributed by atoms with van der Waals surface area (Å²) in [5.41, 5.74) is 1.36. The van der Waals surface area contributed by atoms with E-state index in [0.29, 0.717) is 0 Å². The monoisotopic (exact) mass is 272 g/mol. The topological polar surface area (TPSA) is 27.1 Å². The summed E-state index contributed by atoms with van der Waals surface area (Å²) in [6.45, 7) is 4.15. The summed E-state index contributed by atoms with van der Waals surface area (Å²) < 4.78 is 8.49. The molecule has 0 spiro atoms. The van der Waals surface area contributed by atoms with Gasteiger partial charge in [-0.2, -0.15) is 0 Å². The first-order chi connectivity index (χ1) is 7.22. The molecule has 15 heavy (non-hydrogen) atoms. The highest BCUT2D eigenvalue weighted by Crippen LogP contribution is 2.27. The Hall–Kier alpha value is -0.350. The van der Waals surface area contributed by atoms with Crippen LogP contribution >= 0.6 is 15.9 Å². The van der Waals surface area contributed by atoms with Crippen LogP contribution in [0.15, 0.2) is 4.60 Å². The first-order valence-electron chi connectivity index (χ1n) is 5.45. The molecular weight excluding hydrogens is 256 g/mol. The van der Waals surface area contributed by atoms with Gasteiger partial charge in [0.25, 0.3) is 0 Å². The van der Waals surface area contributed by atoms with Gasteiger partial charge in [0.1, 0.15) is 10.4 Å². The summed E-state index contributed by atoms with van der Waals surface area (Å²) >= 11 is 3.54. The van der Waals surface area contributed by atoms with Crippen LogP contribution in [0, 0.1) is 5.92 Å². The zero-order chi connectivity index (χ0) is 10.8. The van der Waals surface area contributed by atoms with Gasteiger partial charge in [0.05, 0.1) is 12.3 Å². The molecule has 0 radical (unpaired) electrons. The zero-order valence-corrected chi connectivity index (χ0v) is 10.9. The summed E-state index contributed by atoms with van der Waals surface area (Å²) in [7, 11) is 1.73. The highest BCUT2D eigenvalue weighted by atomic mass is 79.9. The Morgan fingerprint density at radius 3 is 3.13 bits per heavy atom. The molecule has 2 rings (SSSR count). The number of nitrogens with zero attached hydrogens (tertiary/aromatic N) is 2. The summed E-state index contributed by atoms with van der Waals surface area (Å²) in [6, 6.07) is 0. The van der Waals surface area contributed by atoms with Crippen molar-refractivity contribution in [3.8, 4) is 0 Å². The van der Waals surface area contributed by atoms with Crippen molar-refractivity contribution >= 4 is 15.9 Å². The first kappa shape index (κ1) is 11.1. The largest absolute Gasteiger partial charge is 0.384 e. The number of halogens is 1. The second-order valence-corrected chi connectivity index (χ2v) is 5.01. The zero-order valence-electron chi connectivity index (χ0n) is 9.29. The van der Waals surface area contributed by atoms with Crippen molar-refractivity contribution in [2.75, 3.05) is 13.7 Å². The maximum absolute atomic E-state index is 5.10. The van der Waals surface area contributed by atoms with E-state index in [2.05, 4.69) is 32.4 Å². The summed E-state index contributed by atoms with van der Waals surface area (Å²) in [5.74, 6) is 1.92. The summed E-state index contributed by atoms with van der Waals surface area (Å²) in [5, 5.41) is 0. The smallest absolute Gasteiger partial charge is 0.127 e. The standard InChI is InChI=1S/C11H17BrN2O/c1-8-3-4-9-11(12)13-10(5-6-15-2)14(9)7-8/h8H,3-7H2,1-2H3. The molecule has 84 valence electrons. The van der Waals surface area contributed by atoms with Gasteiger partial charge >= 0.3 is 0 Å². The number of rotatable bonds is 3. The second kappa shape index (κ2) is 4.66. The van der Waals surface area contributed by atoms with Crippen LogP contribution in [0.1, 0.15) is 24.9 Å². The van der Waals surface area contributed by atoms with Crippen molar-refractivity contribution in [1.29, 1.82) is 0 Å². The molecule has 0 saturated carbocycles. The van der Waals surface area contributed by atoms with Gasteiger partial charge in [-0.1, -0.05) is 6.92 Å². The number of ether oxygens (including phenoxy) is 1. The van der Waals surface area contributed by atoms with Gasteiger partial charge in [-0.3, -0.25) is 0 Å². The lowest BCUT2D eigenvalue weighted by molar-refractivity contribution is 0.198. The van der Waals surface area contributed by atoms with Crippen molar-refractivity contribution in [2.24, 2.45) is 5.92 Å². The Bertz CT molecular complexity index is 349. The minimum Gasteiger partial charge on any atom is -0.384 e. The molecule has 2 heterocycles. The van der Waals surface area contributed by atoms with E-state index in [1.54, 1.807) is 7.11 Å². The molecule has 0 bridgehead atoms. The molecule has 4 heteroatoms. The number of methoxy groups -OCH3 is 1. The molecule has 0 saturated heterocycles. The lowest BCUT2D eigenvalue weighted by Gasteiger charge is -2.22.